The predicted molar refractivity (Wildman–Crippen MR) is 189 cm³/mol. The standard InChI is InChI=1S/C40H55NO10/c1-7-10-15-31(42)47-24-39(5)28-22-30(50-33(44)17-12-9-3)40(6)36(38(28,4)19-18-29(39)49-32(43)16-11-8-2)35(45)34-27(51-40)21-26(48-37(34)46)25-14-13-20-41-23-25/h13-14,20-21,23,28-30,35-36,45H,7-12,15-19,22,24H2,1-6H3/t28?,29-,30-,35-,36?,38-,39-,40+/m0/s1. The van der Waals surface area contributed by atoms with Gasteiger partial charge in [0.15, 0.2) is 0 Å². The Morgan fingerprint density at radius 3 is 2.18 bits per heavy atom. The Labute approximate surface area is 300 Å². The van der Waals surface area contributed by atoms with Gasteiger partial charge in [-0.1, -0.05) is 53.9 Å². The normalized spacial score (nSPS) is 30.9. The molecule has 8 atom stereocenters. The van der Waals surface area contributed by atoms with Gasteiger partial charge in [-0.05, 0) is 68.9 Å². The lowest BCUT2D eigenvalue weighted by molar-refractivity contribution is -0.271. The number of pyridine rings is 1. The topological polar surface area (TPSA) is 151 Å². The van der Waals surface area contributed by atoms with E-state index in [-0.39, 0.29) is 66.8 Å². The average molecular weight is 710 g/mol. The van der Waals surface area contributed by atoms with Crippen LogP contribution in [0.25, 0.3) is 11.3 Å². The lowest BCUT2D eigenvalue weighted by Gasteiger charge is -2.66. The summed E-state index contributed by atoms with van der Waals surface area (Å²) in [7, 11) is 0. The predicted octanol–water partition coefficient (Wildman–Crippen LogP) is 7.27. The molecule has 1 aliphatic heterocycles. The summed E-state index contributed by atoms with van der Waals surface area (Å²) in [4.78, 5) is 57.3. The zero-order valence-electron chi connectivity index (χ0n) is 31.0. The number of carbonyl (C=O) groups excluding carboxylic acids is 3. The van der Waals surface area contributed by atoms with Crippen LogP contribution in [0.2, 0.25) is 0 Å². The number of aliphatic hydroxyl groups excluding tert-OH is 1. The zero-order chi connectivity index (χ0) is 37.0. The third kappa shape index (κ3) is 7.59. The number of rotatable bonds is 14. The second-order valence-electron chi connectivity index (χ2n) is 15.4. The molecule has 0 saturated heterocycles. The first-order valence-corrected chi connectivity index (χ1v) is 18.8. The molecule has 0 bridgehead atoms. The number of ether oxygens (including phenoxy) is 4. The zero-order valence-corrected chi connectivity index (χ0v) is 31.0. The van der Waals surface area contributed by atoms with Gasteiger partial charge in [0, 0.05) is 54.6 Å². The molecule has 2 saturated carbocycles. The first kappa shape index (κ1) is 38.5. The number of carbonyl (C=O) groups is 3. The fraction of sp³-hybridized carbons (Fsp3) is 0.675. The monoisotopic (exact) mass is 709 g/mol. The number of aromatic nitrogens is 1. The fourth-order valence-electron chi connectivity index (χ4n) is 9.09. The SMILES string of the molecule is CCCCC(=O)OC[C@@]1(C)C2C[C@H](OC(=O)CCCC)[C@@]3(C)Oc4cc(-c5cccnc5)oc(=O)c4[C@H](O)C3[C@@]2(C)CC[C@@H]1OC(=O)CCCC. The fourth-order valence-corrected chi connectivity index (χ4v) is 9.09. The summed E-state index contributed by atoms with van der Waals surface area (Å²) in [5, 5.41) is 12.4. The summed E-state index contributed by atoms with van der Waals surface area (Å²) in [6.07, 6.45) is 6.93. The van der Waals surface area contributed by atoms with Gasteiger partial charge in [-0.2, -0.15) is 0 Å². The quantitative estimate of drug-likeness (QED) is 0.156. The van der Waals surface area contributed by atoms with Crippen molar-refractivity contribution in [3.63, 3.8) is 0 Å². The number of aliphatic hydroxyl groups is 1. The first-order chi connectivity index (χ1) is 24.3. The van der Waals surface area contributed by atoms with Crippen LogP contribution in [0.15, 0.2) is 39.8 Å². The maximum Gasteiger partial charge on any atom is 0.345 e. The lowest BCUT2D eigenvalue weighted by Crippen LogP contribution is -2.71. The molecule has 2 unspecified atom stereocenters. The Hall–Kier alpha value is -3.73. The van der Waals surface area contributed by atoms with E-state index in [9.17, 15) is 24.3 Å². The van der Waals surface area contributed by atoms with E-state index in [1.807, 2.05) is 34.6 Å². The van der Waals surface area contributed by atoms with Crippen molar-refractivity contribution in [3.8, 4) is 17.1 Å². The maximum atomic E-state index is 13.7. The molecule has 2 aliphatic carbocycles. The highest BCUT2D eigenvalue weighted by Gasteiger charge is 2.71. The van der Waals surface area contributed by atoms with Crippen LogP contribution < -0.4 is 10.4 Å². The Bertz CT molecular complexity index is 1610. The van der Waals surface area contributed by atoms with Gasteiger partial charge in [0.2, 0.25) is 0 Å². The number of hydrogen-bond donors (Lipinski definition) is 1. The molecule has 11 nitrogen and oxygen atoms in total. The van der Waals surface area contributed by atoms with E-state index in [0.29, 0.717) is 44.1 Å². The van der Waals surface area contributed by atoms with Crippen molar-refractivity contribution in [2.45, 2.75) is 143 Å². The van der Waals surface area contributed by atoms with Gasteiger partial charge in [-0.3, -0.25) is 19.4 Å². The van der Waals surface area contributed by atoms with Gasteiger partial charge >= 0.3 is 23.5 Å². The molecule has 11 heteroatoms. The molecule has 0 amide bonds. The van der Waals surface area contributed by atoms with Crippen molar-refractivity contribution in [1.82, 2.24) is 4.98 Å². The van der Waals surface area contributed by atoms with E-state index in [1.54, 1.807) is 30.6 Å². The summed E-state index contributed by atoms with van der Waals surface area (Å²) >= 11 is 0. The Morgan fingerprint density at radius 2 is 1.57 bits per heavy atom. The highest BCUT2D eigenvalue weighted by Crippen LogP contribution is 2.67. The molecule has 0 aromatic carbocycles. The number of esters is 3. The molecule has 0 radical (unpaired) electrons. The van der Waals surface area contributed by atoms with Gasteiger partial charge in [-0.15, -0.1) is 0 Å². The maximum absolute atomic E-state index is 13.7. The third-order valence-corrected chi connectivity index (χ3v) is 11.8. The summed E-state index contributed by atoms with van der Waals surface area (Å²) in [6, 6.07) is 5.08. The van der Waals surface area contributed by atoms with Crippen molar-refractivity contribution < 1.29 is 42.9 Å². The Kier molecular flexibility index (Phi) is 12.0. The van der Waals surface area contributed by atoms with Crippen LogP contribution in [-0.2, 0) is 28.6 Å². The second-order valence-corrected chi connectivity index (χ2v) is 15.4. The van der Waals surface area contributed by atoms with Crippen LogP contribution in [0.5, 0.6) is 5.75 Å². The minimum Gasteiger partial charge on any atom is -0.482 e. The van der Waals surface area contributed by atoms with Crippen molar-refractivity contribution in [2.75, 3.05) is 6.61 Å². The van der Waals surface area contributed by atoms with E-state index in [4.69, 9.17) is 23.4 Å². The van der Waals surface area contributed by atoms with E-state index >= 15 is 0 Å². The van der Waals surface area contributed by atoms with Gasteiger partial charge in [0.1, 0.15) is 41.5 Å². The largest absolute Gasteiger partial charge is 0.482 e. The summed E-state index contributed by atoms with van der Waals surface area (Å²) in [5.41, 5.74) is -3.08. The van der Waals surface area contributed by atoms with Crippen molar-refractivity contribution >= 4 is 17.9 Å². The highest BCUT2D eigenvalue weighted by molar-refractivity contribution is 5.70. The summed E-state index contributed by atoms with van der Waals surface area (Å²) in [6.45, 7) is 11.9. The molecule has 3 aliphatic rings. The molecule has 2 aromatic heterocycles. The number of fused-ring (bicyclic) bond motifs is 4. The molecular weight excluding hydrogens is 654 g/mol. The van der Waals surface area contributed by atoms with Crippen molar-refractivity contribution in [1.29, 1.82) is 0 Å². The lowest BCUT2D eigenvalue weighted by atomic mass is 9.42. The van der Waals surface area contributed by atoms with E-state index in [1.165, 1.54) is 0 Å². The van der Waals surface area contributed by atoms with Crippen LogP contribution in [0.4, 0.5) is 0 Å². The molecule has 0 spiro atoms. The van der Waals surface area contributed by atoms with Gasteiger partial charge in [0.05, 0.1) is 6.10 Å². The van der Waals surface area contributed by atoms with Gasteiger partial charge < -0.3 is 28.5 Å². The third-order valence-electron chi connectivity index (χ3n) is 11.8. The van der Waals surface area contributed by atoms with Crippen LogP contribution in [0, 0.1) is 22.7 Å². The van der Waals surface area contributed by atoms with Crippen molar-refractivity contribution in [2.24, 2.45) is 22.7 Å². The van der Waals surface area contributed by atoms with Crippen LogP contribution in [0.1, 0.15) is 130 Å². The number of nitrogens with zero attached hydrogens (tertiary/aromatic N) is 1. The second kappa shape index (κ2) is 15.9. The molecule has 280 valence electrons. The van der Waals surface area contributed by atoms with Crippen LogP contribution in [-0.4, -0.2) is 52.4 Å². The molecule has 2 fully saturated rings. The Morgan fingerprint density at radius 1 is 0.941 bits per heavy atom. The Balaban J connectivity index is 1.61. The summed E-state index contributed by atoms with van der Waals surface area (Å²) < 4.78 is 31.0. The molecule has 2 aromatic rings. The molecule has 1 N–H and O–H groups in total. The molecule has 5 rings (SSSR count). The van der Waals surface area contributed by atoms with Gasteiger partial charge in [0.25, 0.3) is 0 Å². The van der Waals surface area contributed by atoms with Gasteiger partial charge in [-0.25, -0.2) is 4.79 Å². The molecular formula is C40H55NO10. The van der Waals surface area contributed by atoms with Crippen LogP contribution in [0.3, 0.4) is 0 Å². The average Bonchev–Trinajstić information content (AvgIpc) is 3.10. The first-order valence-electron chi connectivity index (χ1n) is 18.8. The molecule has 51 heavy (non-hydrogen) atoms. The van der Waals surface area contributed by atoms with E-state index < -0.39 is 46.3 Å². The smallest absolute Gasteiger partial charge is 0.345 e. The van der Waals surface area contributed by atoms with E-state index in [2.05, 4.69) is 11.9 Å². The number of unbranched alkanes of at least 4 members (excludes halogenated alkanes) is 3. The highest BCUT2D eigenvalue weighted by atomic mass is 16.6. The minimum absolute atomic E-state index is 0.00358. The van der Waals surface area contributed by atoms with Crippen LogP contribution >= 0.6 is 0 Å². The van der Waals surface area contributed by atoms with E-state index in [0.717, 1.165) is 19.3 Å². The minimum atomic E-state index is -1.34. The van der Waals surface area contributed by atoms with Crippen molar-refractivity contribution in [3.05, 3.63) is 46.6 Å². The number of hydrogen-bond acceptors (Lipinski definition) is 11. The molecule has 3 heterocycles. The summed E-state index contributed by atoms with van der Waals surface area (Å²) in [5.74, 6) is -1.76.